The lowest BCUT2D eigenvalue weighted by Crippen LogP contribution is -2.31. The maximum Gasteiger partial charge on any atom is 0.309 e. The van der Waals surface area contributed by atoms with Crippen molar-refractivity contribution in [2.45, 2.75) is 47.5 Å². The van der Waals surface area contributed by atoms with Gasteiger partial charge in [-0.3, -0.25) is 4.79 Å². The van der Waals surface area contributed by atoms with Gasteiger partial charge in [-0.25, -0.2) is 0 Å². The van der Waals surface area contributed by atoms with E-state index >= 15 is 0 Å². The first-order valence-electron chi connectivity index (χ1n) is 5.01. The summed E-state index contributed by atoms with van der Waals surface area (Å²) in [5.41, 5.74) is -0.588. The van der Waals surface area contributed by atoms with Gasteiger partial charge in [0.05, 0.1) is 5.41 Å². The third-order valence-electron chi connectivity index (χ3n) is 2.96. The van der Waals surface area contributed by atoms with E-state index in [4.69, 9.17) is 5.11 Å². The van der Waals surface area contributed by atoms with Crippen LogP contribution < -0.4 is 0 Å². The van der Waals surface area contributed by atoms with Crippen LogP contribution in [0.1, 0.15) is 47.5 Å². The molecular weight excluding hydrogens is 164 g/mol. The van der Waals surface area contributed by atoms with Crippen LogP contribution in [0.5, 0.6) is 0 Å². The Balaban J connectivity index is 4.09. The van der Waals surface area contributed by atoms with Crippen LogP contribution in [-0.2, 0) is 4.79 Å². The van der Waals surface area contributed by atoms with Gasteiger partial charge in [0.25, 0.3) is 0 Å². The summed E-state index contributed by atoms with van der Waals surface area (Å²) in [6, 6.07) is 0. The summed E-state index contributed by atoms with van der Waals surface area (Å²) >= 11 is 0. The summed E-state index contributed by atoms with van der Waals surface area (Å²) in [5.74, 6) is 0.211. The standard InChI is InChI=1S/C11H22O2/c1-8(2)6-7-9(3)11(4,5)10(12)13/h8-9H,6-7H2,1-5H3,(H,12,13). The summed E-state index contributed by atoms with van der Waals surface area (Å²) in [6.45, 7) is 9.97. The topological polar surface area (TPSA) is 37.3 Å². The van der Waals surface area contributed by atoms with Gasteiger partial charge in [-0.05, 0) is 32.1 Å². The van der Waals surface area contributed by atoms with E-state index in [0.717, 1.165) is 12.8 Å². The van der Waals surface area contributed by atoms with Crippen LogP contribution in [-0.4, -0.2) is 11.1 Å². The zero-order chi connectivity index (χ0) is 10.6. The van der Waals surface area contributed by atoms with E-state index in [2.05, 4.69) is 13.8 Å². The van der Waals surface area contributed by atoms with Crippen LogP contribution in [0.2, 0.25) is 0 Å². The second-order valence-electron chi connectivity index (χ2n) is 4.90. The highest BCUT2D eigenvalue weighted by molar-refractivity contribution is 5.73. The Morgan fingerprint density at radius 1 is 1.23 bits per heavy atom. The molecule has 0 aromatic heterocycles. The van der Waals surface area contributed by atoms with Crippen LogP contribution in [0.3, 0.4) is 0 Å². The molecule has 78 valence electrons. The van der Waals surface area contributed by atoms with E-state index in [1.807, 2.05) is 6.92 Å². The second-order valence-corrected chi connectivity index (χ2v) is 4.90. The molecule has 2 nitrogen and oxygen atoms in total. The van der Waals surface area contributed by atoms with Gasteiger partial charge in [0.2, 0.25) is 0 Å². The van der Waals surface area contributed by atoms with Crippen molar-refractivity contribution in [3.05, 3.63) is 0 Å². The van der Waals surface area contributed by atoms with Crippen molar-refractivity contribution < 1.29 is 9.90 Å². The summed E-state index contributed by atoms with van der Waals surface area (Å²) in [5, 5.41) is 8.98. The molecule has 0 aliphatic rings. The number of hydrogen-bond acceptors (Lipinski definition) is 1. The number of carbonyl (C=O) groups is 1. The highest BCUT2D eigenvalue weighted by atomic mass is 16.4. The third-order valence-corrected chi connectivity index (χ3v) is 2.96. The van der Waals surface area contributed by atoms with Crippen LogP contribution in [0.4, 0.5) is 0 Å². The molecule has 0 spiro atoms. The smallest absolute Gasteiger partial charge is 0.309 e. The summed E-state index contributed by atoms with van der Waals surface area (Å²) in [6.07, 6.45) is 2.11. The van der Waals surface area contributed by atoms with Gasteiger partial charge < -0.3 is 5.11 Å². The number of aliphatic carboxylic acids is 1. The molecule has 0 fully saturated rings. The highest BCUT2D eigenvalue weighted by Crippen LogP contribution is 2.31. The average molecular weight is 186 g/mol. The molecule has 0 aromatic rings. The third kappa shape index (κ3) is 3.79. The van der Waals surface area contributed by atoms with Gasteiger partial charge >= 0.3 is 5.97 Å². The summed E-state index contributed by atoms with van der Waals surface area (Å²) < 4.78 is 0. The van der Waals surface area contributed by atoms with Crippen molar-refractivity contribution in [1.29, 1.82) is 0 Å². The lowest BCUT2D eigenvalue weighted by molar-refractivity contribution is -0.149. The van der Waals surface area contributed by atoms with E-state index in [-0.39, 0.29) is 5.92 Å². The molecule has 2 heteroatoms. The Bertz CT molecular complexity index is 171. The maximum absolute atomic E-state index is 10.9. The minimum Gasteiger partial charge on any atom is -0.481 e. The van der Waals surface area contributed by atoms with Crippen molar-refractivity contribution >= 4 is 5.97 Å². The van der Waals surface area contributed by atoms with Crippen molar-refractivity contribution in [2.24, 2.45) is 17.3 Å². The zero-order valence-electron chi connectivity index (χ0n) is 9.42. The lowest BCUT2D eigenvalue weighted by atomic mass is 9.77. The Morgan fingerprint density at radius 3 is 2.00 bits per heavy atom. The molecular formula is C11H22O2. The highest BCUT2D eigenvalue weighted by Gasteiger charge is 2.33. The molecule has 0 rings (SSSR count). The molecule has 0 heterocycles. The summed E-state index contributed by atoms with van der Waals surface area (Å²) in [4.78, 5) is 10.9. The molecule has 0 saturated heterocycles. The predicted molar refractivity (Wildman–Crippen MR) is 54.7 cm³/mol. The van der Waals surface area contributed by atoms with Crippen molar-refractivity contribution in [3.8, 4) is 0 Å². The van der Waals surface area contributed by atoms with Crippen molar-refractivity contribution in [3.63, 3.8) is 0 Å². The number of carboxylic acids is 1. The molecule has 1 atom stereocenters. The minimum atomic E-state index is -0.691. The molecule has 0 aliphatic carbocycles. The Labute approximate surface area is 81.3 Å². The average Bonchev–Trinajstić information content (AvgIpc) is 1.99. The first-order chi connectivity index (χ1) is 5.78. The van der Waals surface area contributed by atoms with Gasteiger partial charge in [0.15, 0.2) is 0 Å². The Kier molecular flexibility index (Phi) is 4.45. The molecule has 0 amide bonds. The summed E-state index contributed by atoms with van der Waals surface area (Å²) in [7, 11) is 0. The first kappa shape index (κ1) is 12.5. The molecule has 0 aromatic carbocycles. The van der Waals surface area contributed by atoms with Gasteiger partial charge in [-0.15, -0.1) is 0 Å². The molecule has 0 aliphatic heterocycles. The second kappa shape index (κ2) is 4.64. The first-order valence-corrected chi connectivity index (χ1v) is 5.01. The van der Waals surface area contributed by atoms with Crippen LogP contribution in [0.15, 0.2) is 0 Å². The molecule has 1 N–H and O–H groups in total. The lowest BCUT2D eigenvalue weighted by Gasteiger charge is -2.27. The predicted octanol–water partition coefficient (Wildman–Crippen LogP) is 3.17. The number of hydrogen-bond donors (Lipinski definition) is 1. The molecule has 0 bridgehead atoms. The monoisotopic (exact) mass is 186 g/mol. The van der Waals surface area contributed by atoms with E-state index in [1.165, 1.54) is 0 Å². The molecule has 0 saturated carbocycles. The largest absolute Gasteiger partial charge is 0.481 e. The zero-order valence-corrected chi connectivity index (χ0v) is 9.42. The fourth-order valence-electron chi connectivity index (χ4n) is 1.15. The SMILES string of the molecule is CC(C)CCC(C)C(C)(C)C(=O)O. The number of rotatable bonds is 5. The number of carboxylic acid groups (broad SMARTS) is 1. The molecule has 1 unspecified atom stereocenters. The van der Waals surface area contributed by atoms with Crippen LogP contribution >= 0.6 is 0 Å². The van der Waals surface area contributed by atoms with Crippen molar-refractivity contribution in [2.75, 3.05) is 0 Å². The van der Waals surface area contributed by atoms with E-state index in [0.29, 0.717) is 5.92 Å². The minimum absolute atomic E-state index is 0.243. The Hall–Kier alpha value is -0.530. The van der Waals surface area contributed by atoms with Gasteiger partial charge in [0, 0.05) is 0 Å². The van der Waals surface area contributed by atoms with E-state index in [1.54, 1.807) is 13.8 Å². The van der Waals surface area contributed by atoms with Gasteiger partial charge in [-0.2, -0.15) is 0 Å². The van der Waals surface area contributed by atoms with E-state index in [9.17, 15) is 4.79 Å². The van der Waals surface area contributed by atoms with Gasteiger partial charge in [-0.1, -0.05) is 27.2 Å². The fourth-order valence-corrected chi connectivity index (χ4v) is 1.15. The molecule has 13 heavy (non-hydrogen) atoms. The fraction of sp³-hybridized carbons (Fsp3) is 0.909. The van der Waals surface area contributed by atoms with Gasteiger partial charge in [0.1, 0.15) is 0 Å². The Morgan fingerprint density at radius 2 is 1.69 bits per heavy atom. The van der Waals surface area contributed by atoms with Crippen LogP contribution in [0, 0.1) is 17.3 Å². The van der Waals surface area contributed by atoms with Crippen molar-refractivity contribution in [1.82, 2.24) is 0 Å². The van der Waals surface area contributed by atoms with Crippen LogP contribution in [0.25, 0.3) is 0 Å². The maximum atomic E-state index is 10.9. The normalized spacial score (nSPS) is 14.6. The van der Waals surface area contributed by atoms with E-state index < -0.39 is 11.4 Å². The molecule has 0 radical (unpaired) electrons. The quantitative estimate of drug-likeness (QED) is 0.716.